The van der Waals surface area contributed by atoms with E-state index in [2.05, 4.69) is 10.3 Å². The van der Waals surface area contributed by atoms with Crippen LogP contribution in [0.25, 0.3) is 16.7 Å². The molecule has 1 aliphatic carbocycles. The maximum Gasteiger partial charge on any atom is 0.490 e. The standard InChI is InChI=1S/C21H21N5O.C2HF3O2/c27-20(25-9-8-21(25)12-22-13-21)15-10-17-18(14-6-7-14)24-26(19(17)23-11-15)16-4-2-1-3-5-16;3-2(4,5)1(6)7/h1-5,10-11,14,22H,6-9,12-13H2;(H,6,7). The number of carbonyl (C=O) groups is 2. The number of carboxylic acid groups (broad SMARTS) is 1. The Bertz CT molecular complexity index is 1240. The van der Waals surface area contributed by atoms with Crippen LogP contribution in [0.4, 0.5) is 13.2 Å². The summed E-state index contributed by atoms with van der Waals surface area (Å²) in [5.74, 6) is -2.16. The van der Waals surface area contributed by atoms with E-state index in [0.717, 1.165) is 48.5 Å². The number of likely N-dealkylation sites (tertiary alicyclic amines) is 1. The highest BCUT2D eigenvalue weighted by molar-refractivity contribution is 5.98. The number of aliphatic carboxylic acids is 1. The normalized spacial score (nSPS) is 18.6. The summed E-state index contributed by atoms with van der Waals surface area (Å²) in [6, 6.07) is 12.1. The maximum absolute atomic E-state index is 13.1. The monoisotopic (exact) mass is 473 g/mol. The summed E-state index contributed by atoms with van der Waals surface area (Å²) in [6.45, 7) is 2.67. The van der Waals surface area contributed by atoms with Gasteiger partial charge in [-0.3, -0.25) is 4.79 Å². The van der Waals surface area contributed by atoms with E-state index in [0.29, 0.717) is 11.5 Å². The Hall–Kier alpha value is -3.47. The van der Waals surface area contributed by atoms with Crippen LogP contribution < -0.4 is 5.32 Å². The van der Waals surface area contributed by atoms with Crippen molar-refractivity contribution in [3.63, 3.8) is 0 Å². The summed E-state index contributed by atoms with van der Waals surface area (Å²) < 4.78 is 33.7. The van der Waals surface area contributed by atoms with E-state index in [1.165, 1.54) is 12.8 Å². The van der Waals surface area contributed by atoms with Crippen LogP contribution in [0.1, 0.15) is 41.2 Å². The van der Waals surface area contributed by atoms with Gasteiger partial charge in [-0.25, -0.2) is 14.5 Å². The first-order chi connectivity index (χ1) is 16.2. The Morgan fingerprint density at radius 1 is 1.15 bits per heavy atom. The number of benzene rings is 1. The number of alkyl halides is 3. The molecule has 3 aromatic rings. The number of carboxylic acids is 1. The van der Waals surface area contributed by atoms with Gasteiger partial charge in [-0.2, -0.15) is 18.3 Å². The lowest BCUT2D eigenvalue weighted by molar-refractivity contribution is -0.192. The first-order valence-corrected chi connectivity index (χ1v) is 11.0. The number of carbonyl (C=O) groups excluding carboxylic acids is 1. The molecule has 0 unspecified atom stereocenters. The van der Waals surface area contributed by atoms with Gasteiger partial charge in [0.05, 0.1) is 22.5 Å². The van der Waals surface area contributed by atoms with E-state index >= 15 is 0 Å². The topological polar surface area (TPSA) is 100 Å². The fourth-order valence-electron chi connectivity index (χ4n) is 4.34. The third-order valence-electron chi connectivity index (χ3n) is 6.53. The molecule has 4 heterocycles. The minimum absolute atomic E-state index is 0.0551. The molecule has 2 saturated heterocycles. The average Bonchev–Trinajstić information content (AvgIpc) is 3.52. The lowest BCUT2D eigenvalue weighted by Gasteiger charge is -2.58. The molecule has 1 amide bonds. The molecule has 0 bridgehead atoms. The Balaban J connectivity index is 0.000000304. The lowest BCUT2D eigenvalue weighted by Crippen LogP contribution is -2.76. The van der Waals surface area contributed by atoms with Crippen LogP contribution in [-0.4, -0.2) is 68.0 Å². The zero-order valence-electron chi connectivity index (χ0n) is 18.0. The molecular formula is C23H22F3N5O3. The minimum Gasteiger partial charge on any atom is -0.475 e. The van der Waals surface area contributed by atoms with Gasteiger partial charge in [0.2, 0.25) is 0 Å². The molecule has 1 saturated carbocycles. The number of nitrogens with one attached hydrogen (secondary N) is 1. The predicted molar refractivity (Wildman–Crippen MR) is 116 cm³/mol. The summed E-state index contributed by atoms with van der Waals surface area (Å²) in [5.41, 5.74) is 3.66. The Labute approximate surface area is 192 Å². The van der Waals surface area contributed by atoms with Crippen LogP contribution in [0.2, 0.25) is 0 Å². The first kappa shape index (κ1) is 22.3. The van der Waals surface area contributed by atoms with Crippen molar-refractivity contribution in [1.82, 2.24) is 25.0 Å². The van der Waals surface area contributed by atoms with Gasteiger partial charge in [0.1, 0.15) is 0 Å². The molecule has 2 aromatic heterocycles. The largest absolute Gasteiger partial charge is 0.490 e. The van der Waals surface area contributed by atoms with Crippen molar-refractivity contribution in [2.45, 2.75) is 36.9 Å². The van der Waals surface area contributed by atoms with Crippen molar-refractivity contribution in [3.8, 4) is 5.69 Å². The van der Waals surface area contributed by atoms with E-state index in [4.69, 9.17) is 15.0 Å². The van der Waals surface area contributed by atoms with Crippen LogP contribution in [0.5, 0.6) is 0 Å². The third kappa shape index (κ3) is 3.89. The molecule has 8 nitrogen and oxygen atoms in total. The summed E-state index contributed by atoms with van der Waals surface area (Å²) in [4.78, 5) is 28.7. The summed E-state index contributed by atoms with van der Waals surface area (Å²) in [6.07, 6.45) is 0.0707. The van der Waals surface area contributed by atoms with E-state index < -0.39 is 12.1 Å². The van der Waals surface area contributed by atoms with Gasteiger partial charge < -0.3 is 15.3 Å². The van der Waals surface area contributed by atoms with Gasteiger partial charge in [0.15, 0.2) is 5.65 Å². The lowest BCUT2D eigenvalue weighted by atomic mass is 9.78. The zero-order valence-corrected chi connectivity index (χ0v) is 18.0. The number of rotatable bonds is 3. The van der Waals surface area contributed by atoms with Crippen LogP contribution in [-0.2, 0) is 4.79 Å². The smallest absolute Gasteiger partial charge is 0.475 e. The molecule has 0 radical (unpaired) electrons. The molecule has 1 aromatic carbocycles. The van der Waals surface area contributed by atoms with Crippen molar-refractivity contribution in [2.24, 2.45) is 0 Å². The Morgan fingerprint density at radius 2 is 1.82 bits per heavy atom. The summed E-state index contributed by atoms with van der Waals surface area (Å²) in [7, 11) is 0. The SMILES string of the molecule is O=C(O)C(F)(F)F.O=C(c1cnc2c(c1)c(C1CC1)nn2-c1ccccc1)N1CCC12CNC2. The molecule has 178 valence electrons. The molecule has 3 aliphatic rings. The first-order valence-electron chi connectivity index (χ1n) is 11.0. The molecule has 1 spiro atoms. The van der Waals surface area contributed by atoms with Crippen LogP contribution in [0.3, 0.4) is 0 Å². The number of aromatic nitrogens is 3. The van der Waals surface area contributed by atoms with Gasteiger partial charge >= 0.3 is 12.1 Å². The Morgan fingerprint density at radius 3 is 2.32 bits per heavy atom. The van der Waals surface area contributed by atoms with E-state index in [-0.39, 0.29) is 11.4 Å². The molecule has 34 heavy (non-hydrogen) atoms. The van der Waals surface area contributed by atoms with Crippen LogP contribution in [0, 0.1) is 0 Å². The number of hydrogen-bond acceptors (Lipinski definition) is 5. The second-order valence-electron chi connectivity index (χ2n) is 8.84. The molecule has 2 N–H and O–H groups in total. The fourth-order valence-corrected chi connectivity index (χ4v) is 4.34. The van der Waals surface area contributed by atoms with Crippen LogP contribution in [0.15, 0.2) is 42.6 Å². The molecule has 2 aliphatic heterocycles. The molecule has 3 fully saturated rings. The molecule has 6 rings (SSSR count). The van der Waals surface area contributed by atoms with Crippen molar-refractivity contribution >= 4 is 22.9 Å². The number of amides is 1. The van der Waals surface area contributed by atoms with Gasteiger partial charge in [0, 0.05) is 37.1 Å². The number of fused-ring (bicyclic) bond motifs is 1. The zero-order chi connectivity index (χ0) is 24.1. The average molecular weight is 473 g/mol. The summed E-state index contributed by atoms with van der Waals surface area (Å²) in [5, 5.41) is 16.3. The van der Waals surface area contributed by atoms with Crippen molar-refractivity contribution in [3.05, 3.63) is 53.9 Å². The van der Waals surface area contributed by atoms with Crippen LogP contribution >= 0.6 is 0 Å². The third-order valence-corrected chi connectivity index (χ3v) is 6.53. The Kier molecular flexibility index (Phi) is 5.31. The number of nitrogens with zero attached hydrogens (tertiary/aromatic N) is 4. The van der Waals surface area contributed by atoms with E-state index in [1.807, 2.05) is 46.0 Å². The molecule has 11 heteroatoms. The number of hydrogen-bond donors (Lipinski definition) is 2. The number of pyridine rings is 1. The highest BCUT2D eigenvalue weighted by atomic mass is 19.4. The van der Waals surface area contributed by atoms with Gasteiger partial charge in [-0.05, 0) is 37.5 Å². The van der Waals surface area contributed by atoms with Gasteiger partial charge in [0.25, 0.3) is 5.91 Å². The van der Waals surface area contributed by atoms with E-state index in [1.54, 1.807) is 6.20 Å². The van der Waals surface area contributed by atoms with Crippen molar-refractivity contribution < 1.29 is 27.9 Å². The molecular weight excluding hydrogens is 451 g/mol. The van der Waals surface area contributed by atoms with Gasteiger partial charge in [-0.1, -0.05) is 18.2 Å². The maximum atomic E-state index is 13.1. The van der Waals surface area contributed by atoms with Crippen molar-refractivity contribution in [2.75, 3.05) is 19.6 Å². The highest BCUT2D eigenvalue weighted by Gasteiger charge is 2.51. The second kappa shape index (κ2) is 8.08. The quantitative estimate of drug-likeness (QED) is 0.607. The fraction of sp³-hybridized carbons (Fsp3) is 0.391. The molecule has 0 atom stereocenters. The minimum atomic E-state index is -5.08. The second-order valence-corrected chi connectivity index (χ2v) is 8.84. The summed E-state index contributed by atoms with van der Waals surface area (Å²) >= 11 is 0. The highest BCUT2D eigenvalue weighted by Crippen LogP contribution is 2.43. The van der Waals surface area contributed by atoms with Gasteiger partial charge in [-0.15, -0.1) is 0 Å². The number of halogens is 3. The predicted octanol–water partition coefficient (Wildman–Crippen LogP) is 3.12. The van der Waals surface area contributed by atoms with Crippen molar-refractivity contribution in [1.29, 1.82) is 0 Å². The number of para-hydroxylation sites is 1. The van der Waals surface area contributed by atoms with E-state index in [9.17, 15) is 18.0 Å².